The summed E-state index contributed by atoms with van der Waals surface area (Å²) in [6.07, 6.45) is -1.50. The van der Waals surface area contributed by atoms with Gasteiger partial charge in [-0.3, -0.25) is 9.89 Å². The van der Waals surface area contributed by atoms with Gasteiger partial charge >= 0.3 is 6.18 Å². The average Bonchev–Trinajstić information content (AvgIpc) is 3.17. The molecule has 2 aliphatic heterocycles. The lowest BCUT2D eigenvalue weighted by Crippen LogP contribution is -2.45. The quantitative estimate of drug-likeness (QED) is 0.234. The molecule has 6 nitrogen and oxygen atoms in total. The lowest BCUT2D eigenvalue weighted by molar-refractivity contribution is -0.143. The molecule has 2 N–H and O–H groups in total. The van der Waals surface area contributed by atoms with Gasteiger partial charge in [-0.05, 0) is 26.2 Å². The van der Waals surface area contributed by atoms with Crippen molar-refractivity contribution >= 4 is 29.9 Å². The normalized spacial score (nSPS) is 24.5. The van der Waals surface area contributed by atoms with Gasteiger partial charge in [0.05, 0.1) is 19.3 Å². The first-order valence-electron chi connectivity index (χ1n) is 8.99. The van der Waals surface area contributed by atoms with Crippen LogP contribution in [0.2, 0.25) is 0 Å². The number of rotatable bonds is 8. The highest BCUT2D eigenvalue weighted by Crippen LogP contribution is 2.19. The maximum absolute atomic E-state index is 12.5. The third-order valence-corrected chi connectivity index (χ3v) is 4.17. The third kappa shape index (κ3) is 9.56. The maximum Gasteiger partial charge on any atom is 0.401 e. The molecule has 0 radical (unpaired) electrons. The molecule has 2 fully saturated rings. The van der Waals surface area contributed by atoms with Crippen LogP contribution in [0.1, 0.15) is 26.2 Å². The van der Waals surface area contributed by atoms with Crippen LogP contribution >= 0.6 is 24.0 Å². The highest BCUT2D eigenvalue weighted by molar-refractivity contribution is 14.0. The van der Waals surface area contributed by atoms with Gasteiger partial charge in [-0.25, -0.2) is 0 Å². The predicted octanol–water partition coefficient (Wildman–Crippen LogP) is 1.99. The number of aliphatic imine (C=N–C) groups is 1. The molecular weight excluding hydrogens is 464 g/mol. The van der Waals surface area contributed by atoms with Crippen LogP contribution in [-0.2, 0) is 9.47 Å². The standard InChI is InChI=1S/C16H29F3N4O2.HI/c1-2-20-15(21-6-3-8-25-14-5-9-24-11-14)22-13-4-7-23(10-13)12-16(17,18)19;/h13-14H,2-12H2,1H3,(H2,20,21,22);1H. The van der Waals surface area contributed by atoms with Gasteiger partial charge < -0.3 is 20.1 Å². The molecule has 2 saturated heterocycles. The van der Waals surface area contributed by atoms with E-state index in [0.717, 1.165) is 19.4 Å². The van der Waals surface area contributed by atoms with Crippen molar-refractivity contribution in [3.63, 3.8) is 0 Å². The van der Waals surface area contributed by atoms with Gasteiger partial charge in [0.1, 0.15) is 0 Å². The number of nitrogens with one attached hydrogen (secondary N) is 2. The van der Waals surface area contributed by atoms with Crippen LogP contribution in [0.4, 0.5) is 13.2 Å². The Morgan fingerprint density at radius 2 is 2.15 bits per heavy atom. The summed E-state index contributed by atoms with van der Waals surface area (Å²) >= 11 is 0. The van der Waals surface area contributed by atoms with Crippen LogP contribution in [-0.4, -0.2) is 81.7 Å². The molecule has 0 spiro atoms. The number of alkyl halides is 3. The molecule has 10 heteroatoms. The maximum atomic E-state index is 12.5. The van der Waals surface area contributed by atoms with E-state index in [2.05, 4.69) is 15.6 Å². The number of nitrogens with zero attached hydrogens (tertiary/aromatic N) is 2. The van der Waals surface area contributed by atoms with Gasteiger partial charge in [0.25, 0.3) is 0 Å². The Balaban J connectivity index is 0.00000338. The van der Waals surface area contributed by atoms with E-state index >= 15 is 0 Å². The second-order valence-corrected chi connectivity index (χ2v) is 6.45. The van der Waals surface area contributed by atoms with Crippen LogP contribution < -0.4 is 10.6 Å². The van der Waals surface area contributed by atoms with Crippen molar-refractivity contribution in [2.45, 2.75) is 44.5 Å². The molecule has 2 rings (SSSR count). The Labute approximate surface area is 170 Å². The minimum Gasteiger partial charge on any atom is -0.379 e. The molecule has 0 bridgehead atoms. The fraction of sp³-hybridized carbons (Fsp3) is 0.938. The SMILES string of the molecule is CCNC(=NCCCOC1CCOC1)NC1CCN(CC(F)(F)F)C1.I. The topological polar surface area (TPSA) is 58.1 Å². The molecule has 2 unspecified atom stereocenters. The Morgan fingerprint density at radius 3 is 2.81 bits per heavy atom. The van der Waals surface area contributed by atoms with Crippen LogP contribution in [0, 0.1) is 0 Å². The number of likely N-dealkylation sites (tertiary alicyclic amines) is 1. The molecule has 26 heavy (non-hydrogen) atoms. The molecule has 0 aromatic rings. The van der Waals surface area contributed by atoms with E-state index in [0.29, 0.717) is 51.8 Å². The zero-order valence-corrected chi connectivity index (χ0v) is 17.5. The molecule has 0 aliphatic carbocycles. The molecule has 0 saturated carbocycles. The number of guanidine groups is 1. The van der Waals surface area contributed by atoms with Crippen molar-refractivity contribution in [1.29, 1.82) is 0 Å². The molecule has 2 atom stereocenters. The molecule has 0 amide bonds. The summed E-state index contributed by atoms with van der Waals surface area (Å²) in [4.78, 5) is 5.91. The second-order valence-electron chi connectivity index (χ2n) is 6.45. The largest absolute Gasteiger partial charge is 0.401 e. The van der Waals surface area contributed by atoms with Crippen LogP contribution in [0.25, 0.3) is 0 Å². The van der Waals surface area contributed by atoms with Crippen molar-refractivity contribution in [2.75, 3.05) is 52.5 Å². The Morgan fingerprint density at radius 1 is 1.35 bits per heavy atom. The smallest absolute Gasteiger partial charge is 0.379 e. The minimum absolute atomic E-state index is 0. The molecule has 2 heterocycles. The summed E-state index contributed by atoms with van der Waals surface area (Å²) in [5.41, 5.74) is 0. The minimum atomic E-state index is -4.14. The summed E-state index contributed by atoms with van der Waals surface area (Å²) in [7, 11) is 0. The summed E-state index contributed by atoms with van der Waals surface area (Å²) in [6.45, 7) is 5.35. The predicted molar refractivity (Wildman–Crippen MR) is 105 cm³/mol. The van der Waals surface area contributed by atoms with Gasteiger partial charge in [0.2, 0.25) is 0 Å². The van der Waals surface area contributed by atoms with E-state index in [-0.39, 0.29) is 36.1 Å². The van der Waals surface area contributed by atoms with Crippen molar-refractivity contribution in [2.24, 2.45) is 4.99 Å². The summed E-state index contributed by atoms with van der Waals surface area (Å²) in [6, 6.07) is -0.00737. The number of halogens is 4. The van der Waals surface area contributed by atoms with E-state index in [9.17, 15) is 13.2 Å². The molecule has 0 aromatic heterocycles. The fourth-order valence-corrected chi connectivity index (χ4v) is 3.01. The second kappa shape index (κ2) is 12.2. The highest BCUT2D eigenvalue weighted by atomic mass is 127. The average molecular weight is 494 g/mol. The Bertz CT molecular complexity index is 421. The third-order valence-electron chi connectivity index (χ3n) is 4.17. The van der Waals surface area contributed by atoms with Gasteiger partial charge in [-0.1, -0.05) is 0 Å². The van der Waals surface area contributed by atoms with Crippen LogP contribution in [0.15, 0.2) is 4.99 Å². The van der Waals surface area contributed by atoms with Crippen LogP contribution in [0.5, 0.6) is 0 Å². The van der Waals surface area contributed by atoms with Gasteiger partial charge in [-0.2, -0.15) is 13.2 Å². The zero-order valence-electron chi connectivity index (χ0n) is 15.2. The zero-order chi connectivity index (χ0) is 18.1. The van der Waals surface area contributed by atoms with E-state index in [1.54, 1.807) is 0 Å². The Hall–Kier alpha value is -0.330. The molecule has 2 aliphatic rings. The first-order valence-corrected chi connectivity index (χ1v) is 8.99. The molecule has 0 aromatic carbocycles. The molecule has 154 valence electrons. The summed E-state index contributed by atoms with van der Waals surface area (Å²) < 4.78 is 48.3. The van der Waals surface area contributed by atoms with Crippen molar-refractivity contribution in [3.8, 4) is 0 Å². The molecular formula is C16H30F3IN4O2. The first kappa shape index (κ1) is 23.7. The lowest BCUT2D eigenvalue weighted by atomic mass is 10.3. The van der Waals surface area contributed by atoms with E-state index < -0.39 is 12.7 Å². The van der Waals surface area contributed by atoms with Crippen molar-refractivity contribution < 1.29 is 22.6 Å². The number of hydrogen-bond acceptors (Lipinski definition) is 4. The van der Waals surface area contributed by atoms with Gasteiger partial charge in [0, 0.05) is 45.4 Å². The Kier molecular flexibility index (Phi) is 11.1. The number of hydrogen-bond donors (Lipinski definition) is 2. The van der Waals surface area contributed by atoms with Gasteiger partial charge in [-0.15, -0.1) is 24.0 Å². The van der Waals surface area contributed by atoms with E-state index in [1.165, 1.54) is 4.90 Å². The summed E-state index contributed by atoms with van der Waals surface area (Å²) in [5, 5.41) is 6.38. The van der Waals surface area contributed by atoms with Crippen molar-refractivity contribution in [3.05, 3.63) is 0 Å². The van der Waals surface area contributed by atoms with E-state index in [4.69, 9.17) is 9.47 Å². The monoisotopic (exact) mass is 494 g/mol. The summed E-state index contributed by atoms with van der Waals surface area (Å²) in [5.74, 6) is 0.658. The highest BCUT2D eigenvalue weighted by Gasteiger charge is 2.34. The van der Waals surface area contributed by atoms with E-state index in [1.807, 2.05) is 6.92 Å². The van der Waals surface area contributed by atoms with Gasteiger partial charge in [0.15, 0.2) is 5.96 Å². The number of ether oxygens (including phenoxy) is 2. The van der Waals surface area contributed by atoms with Crippen LogP contribution in [0.3, 0.4) is 0 Å². The van der Waals surface area contributed by atoms with Crippen molar-refractivity contribution in [1.82, 2.24) is 15.5 Å². The fourth-order valence-electron chi connectivity index (χ4n) is 3.01. The first-order chi connectivity index (χ1) is 12.0. The lowest BCUT2D eigenvalue weighted by Gasteiger charge is -2.19.